The first-order valence-electron chi connectivity index (χ1n) is 2.37. The monoisotopic (exact) mass is 111 g/mol. The van der Waals surface area contributed by atoms with Crippen LogP contribution in [0, 0.1) is 11.3 Å². The molecule has 0 aromatic heterocycles. The summed E-state index contributed by atoms with van der Waals surface area (Å²) in [6, 6.07) is 1.73. The SMILES string of the molecule is C=CCC(C)(O)C#N. The van der Waals surface area contributed by atoms with Crippen LogP contribution >= 0.6 is 0 Å². The van der Waals surface area contributed by atoms with E-state index in [2.05, 4.69) is 6.58 Å². The molecule has 0 aliphatic heterocycles. The molecule has 1 N–H and O–H groups in total. The maximum absolute atomic E-state index is 8.89. The van der Waals surface area contributed by atoms with E-state index in [1.54, 1.807) is 6.07 Å². The Kier molecular flexibility index (Phi) is 2.23. The normalized spacial score (nSPS) is 16.1. The van der Waals surface area contributed by atoms with Gasteiger partial charge in [-0.25, -0.2) is 0 Å². The Morgan fingerprint density at radius 2 is 2.50 bits per heavy atom. The van der Waals surface area contributed by atoms with Crippen molar-refractivity contribution in [3.63, 3.8) is 0 Å². The lowest BCUT2D eigenvalue weighted by atomic mass is 10.1. The molecule has 0 amide bonds. The molecule has 2 nitrogen and oxygen atoms in total. The smallest absolute Gasteiger partial charge is 0.151 e. The van der Waals surface area contributed by atoms with E-state index in [9.17, 15) is 0 Å². The zero-order chi connectivity index (χ0) is 6.62. The molecule has 0 bridgehead atoms. The van der Waals surface area contributed by atoms with Crippen molar-refractivity contribution in [1.82, 2.24) is 0 Å². The van der Waals surface area contributed by atoms with Crippen LogP contribution in [-0.4, -0.2) is 10.7 Å². The predicted octanol–water partition coefficient (Wildman–Crippen LogP) is 0.837. The molecule has 44 valence electrons. The molecule has 0 aliphatic rings. The van der Waals surface area contributed by atoms with E-state index < -0.39 is 5.60 Å². The van der Waals surface area contributed by atoms with Gasteiger partial charge in [0, 0.05) is 6.42 Å². The van der Waals surface area contributed by atoms with Crippen LogP contribution < -0.4 is 0 Å². The third-order valence-corrected chi connectivity index (χ3v) is 0.783. The Morgan fingerprint density at radius 1 is 2.00 bits per heavy atom. The van der Waals surface area contributed by atoms with Gasteiger partial charge in [0.1, 0.15) is 0 Å². The van der Waals surface area contributed by atoms with Gasteiger partial charge < -0.3 is 5.11 Å². The second kappa shape index (κ2) is 2.49. The molecular formula is C6H9NO. The van der Waals surface area contributed by atoms with Gasteiger partial charge in [-0.05, 0) is 6.92 Å². The standard InChI is InChI=1S/C6H9NO/c1-3-4-6(2,8)5-7/h3,8H,1,4H2,2H3. The fraction of sp³-hybridized carbons (Fsp3) is 0.500. The van der Waals surface area contributed by atoms with Crippen molar-refractivity contribution in [2.75, 3.05) is 0 Å². The number of nitriles is 1. The van der Waals surface area contributed by atoms with Crippen molar-refractivity contribution in [3.05, 3.63) is 12.7 Å². The molecule has 2 heteroatoms. The molecule has 0 saturated heterocycles. The summed E-state index contributed by atoms with van der Waals surface area (Å²) in [5, 5.41) is 17.1. The summed E-state index contributed by atoms with van der Waals surface area (Å²) in [6.07, 6.45) is 1.84. The average Bonchev–Trinajstić information content (AvgIpc) is 1.67. The number of hydrogen-bond acceptors (Lipinski definition) is 2. The lowest BCUT2D eigenvalue weighted by Crippen LogP contribution is -2.19. The summed E-state index contributed by atoms with van der Waals surface area (Å²) >= 11 is 0. The van der Waals surface area contributed by atoms with Gasteiger partial charge in [0.25, 0.3) is 0 Å². The zero-order valence-corrected chi connectivity index (χ0v) is 4.89. The van der Waals surface area contributed by atoms with Crippen LogP contribution in [0.4, 0.5) is 0 Å². The molecule has 0 aromatic carbocycles. The van der Waals surface area contributed by atoms with E-state index in [0.717, 1.165) is 0 Å². The first-order valence-corrected chi connectivity index (χ1v) is 2.37. The lowest BCUT2D eigenvalue weighted by molar-refractivity contribution is 0.123. The molecule has 0 fully saturated rings. The van der Waals surface area contributed by atoms with Crippen molar-refractivity contribution in [3.8, 4) is 6.07 Å². The van der Waals surface area contributed by atoms with E-state index in [1.165, 1.54) is 13.0 Å². The second-order valence-corrected chi connectivity index (χ2v) is 1.88. The number of nitrogens with zero attached hydrogens (tertiary/aromatic N) is 1. The summed E-state index contributed by atoms with van der Waals surface area (Å²) < 4.78 is 0. The first-order chi connectivity index (χ1) is 3.62. The summed E-state index contributed by atoms with van der Waals surface area (Å²) in [6.45, 7) is 4.84. The van der Waals surface area contributed by atoms with Crippen LogP contribution in [0.5, 0.6) is 0 Å². The largest absolute Gasteiger partial charge is 0.375 e. The van der Waals surface area contributed by atoms with Gasteiger partial charge in [-0.1, -0.05) is 6.08 Å². The summed E-state index contributed by atoms with van der Waals surface area (Å²) in [5.74, 6) is 0. The summed E-state index contributed by atoms with van der Waals surface area (Å²) in [4.78, 5) is 0. The lowest BCUT2D eigenvalue weighted by Gasteiger charge is -2.08. The minimum Gasteiger partial charge on any atom is -0.375 e. The quantitative estimate of drug-likeness (QED) is 0.424. The Morgan fingerprint density at radius 3 is 2.62 bits per heavy atom. The minimum absolute atomic E-state index is 0.323. The fourth-order valence-electron chi connectivity index (χ4n) is 0.327. The molecule has 0 rings (SSSR count). The van der Waals surface area contributed by atoms with Gasteiger partial charge in [-0.15, -0.1) is 6.58 Å². The van der Waals surface area contributed by atoms with Crippen molar-refractivity contribution in [2.45, 2.75) is 18.9 Å². The highest BCUT2D eigenvalue weighted by Crippen LogP contribution is 2.05. The predicted molar refractivity (Wildman–Crippen MR) is 31.1 cm³/mol. The molecule has 0 aliphatic carbocycles. The maximum atomic E-state index is 8.89. The van der Waals surface area contributed by atoms with Crippen LogP contribution in [0.3, 0.4) is 0 Å². The van der Waals surface area contributed by atoms with Crippen molar-refractivity contribution in [2.24, 2.45) is 0 Å². The van der Waals surface area contributed by atoms with E-state index in [0.29, 0.717) is 6.42 Å². The van der Waals surface area contributed by atoms with Crippen molar-refractivity contribution in [1.29, 1.82) is 5.26 Å². The van der Waals surface area contributed by atoms with E-state index in [-0.39, 0.29) is 0 Å². The van der Waals surface area contributed by atoms with Crippen LogP contribution in [-0.2, 0) is 0 Å². The Bertz CT molecular complexity index is 121. The highest BCUT2D eigenvalue weighted by Gasteiger charge is 2.15. The summed E-state index contributed by atoms with van der Waals surface area (Å²) in [7, 11) is 0. The Hall–Kier alpha value is -0.810. The van der Waals surface area contributed by atoms with E-state index in [1.807, 2.05) is 0 Å². The van der Waals surface area contributed by atoms with Crippen molar-refractivity contribution >= 4 is 0 Å². The van der Waals surface area contributed by atoms with Crippen LogP contribution in [0.25, 0.3) is 0 Å². The highest BCUT2D eigenvalue weighted by atomic mass is 16.3. The number of rotatable bonds is 2. The number of hydrogen-bond donors (Lipinski definition) is 1. The molecule has 1 unspecified atom stereocenters. The molecule has 8 heavy (non-hydrogen) atoms. The Labute approximate surface area is 49.1 Å². The summed E-state index contributed by atoms with van der Waals surface area (Å²) in [5.41, 5.74) is -1.22. The van der Waals surface area contributed by atoms with Crippen LogP contribution in [0.1, 0.15) is 13.3 Å². The molecule has 0 heterocycles. The van der Waals surface area contributed by atoms with Gasteiger partial charge in [0.05, 0.1) is 6.07 Å². The zero-order valence-electron chi connectivity index (χ0n) is 4.89. The molecule has 0 radical (unpaired) electrons. The molecule has 1 atom stereocenters. The molecule has 0 spiro atoms. The maximum Gasteiger partial charge on any atom is 0.151 e. The second-order valence-electron chi connectivity index (χ2n) is 1.88. The molecular weight excluding hydrogens is 102 g/mol. The van der Waals surface area contributed by atoms with Gasteiger partial charge in [0.15, 0.2) is 5.60 Å². The Balaban J connectivity index is 3.76. The first kappa shape index (κ1) is 7.19. The average molecular weight is 111 g/mol. The van der Waals surface area contributed by atoms with Gasteiger partial charge in [-0.3, -0.25) is 0 Å². The third-order valence-electron chi connectivity index (χ3n) is 0.783. The van der Waals surface area contributed by atoms with Gasteiger partial charge in [-0.2, -0.15) is 5.26 Å². The highest BCUT2D eigenvalue weighted by molar-refractivity contribution is 4.99. The van der Waals surface area contributed by atoms with Crippen molar-refractivity contribution < 1.29 is 5.11 Å². The fourth-order valence-corrected chi connectivity index (χ4v) is 0.327. The molecule has 0 aromatic rings. The van der Waals surface area contributed by atoms with Gasteiger partial charge in [0.2, 0.25) is 0 Å². The minimum atomic E-state index is -1.22. The third kappa shape index (κ3) is 2.38. The van der Waals surface area contributed by atoms with E-state index >= 15 is 0 Å². The van der Waals surface area contributed by atoms with Crippen LogP contribution in [0.2, 0.25) is 0 Å². The van der Waals surface area contributed by atoms with E-state index in [4.69, 9.17) is 10.4 Å². The topological polar surface area (TPSA) is 44.0 Å². The van der Waals surface area contributed by atoms with Gasteiger partial charge >= 0.3 is 0 Å². The molecule has 0 saturated carbocycles. The number of aliphatic hydroxyl groups is 1. The van der Waals surface area contributed by atoms with Crippen LogP contribution in [0.15, 0.2) is 12.7 Å².